The smallest absolute Gasteiger partial charge is 0.183 e. The Morgan fingerprint density at radius 1 is 1.16 bits per heavy atom. The molecule has 6 heteroatoms. The van der Waals surface area contributed by atoms with Crippen molar-refractivity contribution >= 4 is 5.82 Å². The number of fused-ring (bicyclic) bond motifs is 1. The van der Waals surface area contributed by atoms with Crippen molar-refractivity contribution in [1.82, 2.24) is 15.2 Å². The van der Waals surface area contributed by atoms with Crippen molar-refractivity contribution < 1.29 is 9.47 Å². The SMILES string of the molecule is CNc1cnnc(-c2ccc3c(c2)OCCCO3)n1. The van der Waals surface area contributed by atoms with Gasteiger partial charge in [-0.15, -0.1) is 5.10 Å². The molecule has 0 fully saturated rings. The molecule has 1 N–H and O–H groups in total. The molecule has 2 heterocycles. The van der Waals surface area contributed by atoms with Crippen molar-refractivity contribution in [2.75, 3.05) is 25.6 Å². The minimum absolute atomic E-state index is 0.558. The lowest BCUT2D eigenvalue weighted by Gasteiger charge is -2.08. The molecular formula is C13H14N4O2. The number of nitrogens with zero attached hydrogens (tertiary/aromatic N) is 3. The largest absolute Gasteiger partial charge is 0.490 e. The predicted molar refractivity (Wildman–Crippen MR) is 70.4 cm³/mol. The number of aromatic nitrogens is 3. The zero-order chi connectivity index (χ0) is 13.1. The molecule has 0 bridgehead atoms. The van der Waals surface area contributed by atoms with Crippen LogP contribution in [-0.2, 0) is 0 Å². The number of anilines is 1. The quantitative estimate of drug-likeness (QED) is 0.884. The Kier molecular flexibility index (Phi) is 3.14. The van der Waals surface area contributed by atoms with Gasteiger partial charge in [0.05, 0.1) is 19.4 Å². The maximum absolute atomic E-state index is 5.65. The van der Waals surface area contributed by atoms with E-state index >= 15 is 0 Å². The van der Waals surface area contributed by atoms with Crippen LogP contribution in [0.1, 0.15) is 6.42 Å². The van der Waals surface area contributed by atoms with E-state index in [2.05, 4.69) is 20.5 Å². The van der Waals surface area contributed by atoms with Gasteiger partial charge in [-0.05, 0) is 18.2 Å². The molecule has 1 aliphatic heterocycles. The van der Waals surface area contributed by atoms with Crippen LogP contribution in [0.15, 0.2) is 24.4 Å². The number of benzene rings is 1. The molecule has 1 aliphatic rings. The summed E-state index contributed by atoms with van der Waals surface area (Å²) in [4.78, 5) is 4.35. The Labute approximate surface area is 110 Å². The number of ether oxygens (including phenoxy) is 2. The summed E-state index contributed by atoms with van der Waals surface area (Å²) in [6.07, 6.45) is 2.46. The molecular weight excluding hydrogens is 244 g/mol. The van der Waals surface area contributed by atoms with Crippen molar-refractivity contribution in [3.8, 4) is 22.9 Å². The van der Waals surface area contributed by atoms with Gasteiger partial charge in [0, 0.05) is 19.0 Å². The second-order valence-electron chi connectivity index (χ2n) is 4.13. The predicted octanol–water partition coefficient (Wildman–Crippen LogP) is 1.74. The van der Waals surface area contributed by atoms with Crippen LogP contribution in [0.3, 0.4) is 0 Å². The summed E-state index contributed by atoms with van der Waals surface area (Å²) >= 11 is 0. The molecule has 0 saturated carbocycles. The zero-order valence-electron chi connectivity index (χ0n) is 10.6. The highest BCUT2D eigenvalue weighted by atomic mass is 16.5. The zero-order valence-corrected chi connectivity index (χ0v) is 10.6. The van der Waals surface area contributed by atoms with Crippen LogP contribution >= 0.6 is 0 Å². The molecule has 1 aromatic heterocycles. The molecule has 0 aliphatic carbocycles. The van der Waals surface area contributed by atoms with Gasteiger partial charge < -0.3 is 14.8 Å². The highest BCUT2D eigenvalue weighted by molar-refractivity contribution is 5.61. The molecule has 2 aromatic rings. The number of hydrogen-bond donors (Lipinski definition) is 1. The number of nitrogens with one attached hydrogen (secondary N) is 1. The fourth-order valence-electron chi connectivity index (χ4n) is 1.85. The van der Waals surface area contributed by atoms with E-state index in [0.29, 0.717) is 24.9 Å². The lowest BCUT2D eigenvalue weighted by Crippen LogP contribution is -1.99. The average molecular weight is 258 g/mol. The second kappa shape index (κ2) is 5.09. The van der Waals surface area contributed by atoms with Gasteiger partial charge in [0.25, 0.3) is 0 Å². The van der Waals surface area contributed by atoms with E-state index < -0.39 is 0 Å². The first-order chi connectivity index (χ1) is 9.36. The van der Waals surface area contributed by atoms with Crippen LogP contribution in [0.4, 0.5) is 5.82 Å². The van der Waals surface area contributed by atoms with Gasteiger partial charge >= 0.3 is 0 Å². The summed E-state index contributed by atoms with van der Waals surface area (Å²) < 4.78 is 11.2. The molecule has 1 aromatic carbocycles. The first-order valence-corrected chi connectivity index (χ1v) is 6.14. The molecule has 0 spiro atoms. The highest BCUT2D eigenvalue weighted by Gasteiger charge is 2.12. The minimum atomic E-state index is 0.558. The van der Waals surface area contributed by atoms with E-state index in [4.69, 9.17) is 9.47 Å². The Bertz CT molecular complexity index is 589. The molecule has 19 heavy (non-hydrogen) atoms. The van der Waals surface area contributed by atoms with Gasteiger partial charge in [-0.3, -0.25) is 0 Å². The van der Waals surface area contributed by atoms with E-state index in [0.717, 1.165) is 23.5 Å². The first kappa shape index (κ1) is 11.7. The van der Waals surface area contributed by atoms with E-state index in [-0.39, 0.29) is 0 Å². The maximum Gasteiger partial charge on any atom is 0.183 e. The molecule has 0 radical (unpaired) electrons. The normalized spacial score (nSPS) is 13.7. The standard InChI is InChI=1S/C13H14N4O2/c1-14-12-8-15-17-13(16-12)9-3-4-10-11(7-9)19-6-2-5-18-10/h3-4,7-8H,2,5-6H2,1H3,(H,14,16,17). The Morgan fingerprint density at radius 3 is 2.84 bits per heavy atom. The van der Waals surface area contributed by atoms with Crippen LogP contribution in [-0.4, -0.2) is 35.4 Å². The van der Waals surface area contributed by atoms with Crippen LogP contribution in [0.2, 0.25) is 0 Å². The summed E-state index contributed by atoms with van der Waals surface area (Å²) in [5, 5.41) is 10.9. The molecule has 98 valence electrons. The lowest BCUT2D eigenvalue weighted by molar-refractivity contribution is 0.297. The summed E-state index contributed by atoms with van der Waals surface area (Å²) in [6, 6.07) is 5.67. The van der Waals surface area contributed by atoms with Gasteiger partial charge in [0.2, 0.25) is 0 Å². The third-order valence-corrected chi connectivity index (χ3v) is 2.82. The van der Waals surface area contributed by atoms with Gasteiger partial charge in [0.15, 0.2) is 17.3 Å². The van der Waals surface area contributed by atoms with Crippen molar-refractivity contribution in [3.05, 3.63) is 24.4 Å². The lowest BCUT2D eigenvalue weighted by atomic mass is 10.2. The van der Waals surface area contributed by atoms with Crippen molar-refractivity contribution in [3.63, 3.8) is 0 Å². The highest BCUT2D eigenvalue weighted by Crippen LogP contribution is 2.33. The van der Waals surface area contributed by atoms with Gasteiger partial charge in [-0.1, -0.05) is 0 Å². The third kappa shape index (κ3) is 2.42. The van der Waals surface area contributed by atoms with Crippen LogP contribution in [0, 0.1) is 0 Å². The summed E-state index contributed by atoms with van der Waals surface area (Å²) in [7, 11) is 1.79. The van der Waals surface area contributed by atoms with E-state index in [1.54, 1.807) is 13.2 Å². The average Bonchev–Trinajstić information content (AvgIpc) is 2.71. The van der Waals surface area contributed by atoms with Gasteiger partial charge in [-0.2, -0.15) is 5.10 Å². The fourth-order valence-corrected chi connectivity index (χ4v) is 1.85. The Balaban J connectivity index is 1.98. The van der Waals surface area contributed by atoms with Crippen molar-refractivity contribution in [1.29, 1.82) is 0 Å². The minimum Gasteiger partial charge on any atom is -0.490 e. The molecule has 0 amide bonds. The Morgan fingerprint density at radius 2 is 2.00 bits per heavy atom. The summed E-state index contributed by atoms with van der Waals surface area (Å²) in [5.41, 5.74) is 0.855. The van der Waals surface area contributed by atoms with Gasteiger partial charge in [-0.25, -0.2) is 4.98 Å². The van der Waals surface area contributed by atoms with Gasteiger partial charge in [0.1, 0.15) is 5.82 Å². The monoisotopic (exact) mass is 258 g/mol. The Hall–Kier alpha value is -2.37. The van der Waals surface area contributed by atoms with E-state index in [1.807, 2.05) is 18.2 Å². The topological polar surface area (TPSA) is 69.2 Å². The third-order valence-electron chi connectivity index (χ3n) is 2.82. The van der Waals surface area contributed by atoms with E-state index in [9.17, 15) is 0 Å². The number of hydrogen-bond acceptors (Lipinski definition) is 6. The summed E-state index contributed by atoms with van der Waals surface area (Å²) in [6.45, 7) is 1.34. The first-order valence-electron chi connectivity index (χ1n) is 6.14. The molecule has 0 saturated heterocycles. The summed E-state index contributed by atoms with van der Waals surface area (Å²) in [5.74, 6) is 2.73. The molecule has 3 rings (SSSR count). The van der Waals surface area contributed by atoms with Crippen molar-refractivity contribution in [2.24, 2.45) is 0 Å². The molecule has 0 atom stereocenters. The van der Waals surface area contributed by atoms with Crippen LogP contribution in [0.25, 0.3) is 11.4 Å². The molecule has 6 nitrogen and oxygen atoms in total. The second-order valence-corrected chi connectivity index (χ2v) is 4.13. The molecule has 0 unspecified atom stereocenters. The van der Waals surface area contributed by atoms with Crippen molar-refractivity contribution in [2.45, 2.75) is 6.42 Å². The fraction of sp³-hybridized carbons (Fsp3) is 0.308. The number of rotatable bonds is 2. The maximum atomic E-state index is 5.65. The van der Waals surface area contributed by atoms with E-state index in [1.165, 1.54) is 0 Å². The van der Waals surface area contributed by atoms with Crippen LogP contribution < -0.4 is 14.8 Å². The van der Waals surface area contributed by atoms with Crippen LogP contribution in [0.5, 0.6) is 11.5 Å².